The Hall–Kier alpha value is -3.52. The fourth-order valence-corrected chi connectivity index (χ4v) is 3.66. The zero-order valence-electron chi connectivity index (χ0n) is 17.5. The van der Waals surface area contributed by atoms with Crippen LogP contribution in [0, 0.1) is 6.92 Å². The second-order valence-electron chi connectivity index (χ2n) is 7.64. The van der Waals surface area contributed by atoms with Crippen molar-refractivity contribution >= 4 is 0 Å². The first-order valence-corrected chi connectivity index (χ1v) is 10.3. The maximum Gasteiger partial charge on any atom is 0.227 e. The molecule has 3 heterocycles. The third-order valence-corrected chi connectivity index (χ3v) is 5.51. The van der Waals surface area contributed by atoms with Gasteiger partial charge in [0.2, 0.25) is 11.7 Å². The molecule has 8 heteroatoms. The normalized spacial score (nSPS) is 15.6. The van der Waals surface area contributed by atoms with Crippen LogP contribution in [0.5, 0.6) is 5.75 Å². The van der Waals surface area contributed by atoms with Crippen LogP contribution < -0.4 is 4.74 Å². The molecule has 5 rings (SSSR count). The van der Waals surface area contributed by atoms with Gasteiger partial charge in [0.25, 0.3) is 0 Å². The topological polar surface area (TPSA) is 88.1 Å². The van der Waals surface area contributed by atoms with Crippen LogP contribution in [0.15, 0.2) is 53.1 Å². The molecule has 0 radical (unpaired) electrons. The van der Waals surface area contributed by atoms with E-state index >= 15 is 0 Å². The molecule has 1 atom stereocenters. The summed E-state index contributed by atoms with van der Waals surface area (Å²) in [5, 5.41) is 12.7. The second-order valence-corrected chi connectivity index (χ2v) is 7.64. The summed E-state index contributed by atoms with van der Waals surface area (Å²) in [5.74, 6) is 1.86. The van der Waals surface area contributed by atoms with Gasteiger partial charge in [-0.3, -0.25) is 0 Å². The molecule has 0 amide bonds. The fourth-order valence-electron chi connectivity index (χ4n) is 3.66. The van der Waals surface area contributed by atoms with Gasteiger partial charge in [-0.15, -0.1) is 5.10 Å². The van der Waals surface area contributed by atoms with E-state index in [0.29, 0.717) is 37.0 Å². The lowest BCUT2D eigenvalue weighted by molar-refractivity contribution is -0.00112. The van der Waals surface area contributed by atoms with Crippen molar-refractivity contribution in [2.24, 2.45) is 0 Å². The monoisotopic (exact) mass is 417 g/mol. The van der Waals surface area contributed by atoms with Gasteiger partial charge >= 0.3 is 0 Å². The average Bonchev–Trinajstić information content (AvgIpc) is 3.45. The number of hydrogen-bond acceptors (Lipinski definition) is 7. The Bertz CT molecular complexity index is 1160. The van der Waals surface area contributed by atoms with Crippen molar-refractivity contribution < 1.29 is 14.0 Å². The quantitative estimate of drug-likeness (QED) is 0.473. The van der Waals surface area contributed by atoms with Crippen LogP contribution in [0.4, 0.5) is 0 Å². The SMILES string of the molecule is COc1ccc(CCc2nc(-c3nnn4c3CO[C@@H](c3ccc(C)cc3)C4)no2)cc1. The number of nitrogens with zero attached hydrogens (tertiary/aromatic N) is 5. The Balaban J connectivity index is 1.27. The molecular formula is C23H23N5O3. The number of aromatic nitrogens is 5. The number of methoxy groups -OCH3 is 1. The predicted molar refractivity (Wildman–Crippen MR) is 112 cm³/mol. The number of fused-ring (bicyclic) bond motifs is 1. The molecule has 4 aromatic rings. The Kier molecular flexibility index (Phi) is 5.21. The lowest BCUT2D eigenvalue weighted by atomic mass is 10.1. The van der Waals surface area contributed by atoms with Gasteiger partial charge in [0, 0.05) is 6.42 Å². The van der Waals surface area contributed by atoms with Gasteiger partial charge in [0.1, 0.15) is 11.9 Å². The van der Waals surface area contributed by atoms with Crippen molar-refractivity contribution in [1.29, 1.82) is 0 Å². The largest absolute Gasteiger partial charge is 0.497 e. The van der Waals surface area contributed by atoms with Gasteiger partial charge in [0.05, 0.1) is 26.0 Å². The summed E-state index contributed by atoms with van der Waals surface area (Å²) in [6, 6.07) is 16.3. The van der Waals surface area contributed by atoms with E-state index in [1.807, 2.05) is 28.9 Å². The number of aryl methyl sites for hydroxylation is 3. The van der Waals surface area contributed by atoms with E-state index in [2.05, 4.69) is 51.6 Å². The van der Waals surface area contributed by atoms with Crippen LogP contribution in [0.25, 0.3) is 11.5 Å². The summed E-state index contributed by atoms with van der Waals surface area (Å²) in [5.41, 5.74) is 5.02. The Morgan fingerprint density at radius 1 is 1.06 bits per heavy atom. The van der Waals surface area contributed by atoms with E-state index in [1.165, 1.54) is 11.1 Å². The van der Waals surface area contributed by atoms with Crippen LogP contribution in [0.3, 0.4) is 0 Å². The van der Waals surface area contributed by atoms with Crippen molar-refractivity contribution in [2.45, 2.75) is 39.0 Å². The molecule has 158 valence electrons. The first-order valence-electron chi connectivity index (χ1n) is 10.3. The predicted octanol–water partition coefficient (Wildman–Crippen LogP) is 3.70. The van der Waals surface area contributed by atoms with Crippen molar-refractivity contribution in [3.8, 4) is 17.3 Å². The summed E-state index contributed by atoms with van der Waals surface area (Å²) in [6.45, 7) is 3.08. The molecule has 1 aliphatic rings. The van der Waals surface area contributed by atoms with Gasteiger partial charge in [-0.2, -0.15) is 4.98 Å². The fraction of sp³-hybridized carbons (Fsp3) is 0.304. The Morgan fingerprint density at radius 3 is 2.65 bits per heavy atom. The van der Waals surface area contributed by atoms with Gasteiger partial charge in [0.15, 0.2) is 5.69 Å². The molecule has 0 spiro atoms. The highest BCUT2D eigenvalue weighted by Crippen LogP contribution is 2.30. The maximum atomic E-state index is 6.08. The molecule has 0 N–H and O–H groups in total. The zero-order chi connectivity index (χ0) is 21.2. The average molecular weight is 417 g/mol. The van der Waals surface area contributed by atoms with E-state index in [-0.39, 0.29) is 6.10 Å². The Labute approximate surface area is 179 Å². The molecule has 2 aromatic heterocycles. The number of hydrogen-bond donors (Lipinski definition) is 0. The summed E-state index contributed by atoms with van der Waals surface area (Å²) in [6.07, 6.45) is 1.40. The summed E-state index contributed by atoms with van der Waals surface area (Å²) < 4.78 is 18.6. The first kappa shape index (κ1) is 19.4. The van der Waals surface area contributed by atoms with Crippen molar-refractivity contribution in [3.63, 3.8) is 0 Å². The molecule has 0 bridgehead atoms. The third kappa shape index (κ3) is 4.06. The van der Waals surface area contributed by atoms with Gasteiger partial charge in [-0.1, -0.05) is 52.3 Å². The van der Waals surface area contributed by atoms with E-state index in [9.17, 15) is 0 Å². The van der Waals surface area contributed by atoms with Gasteiger partial charge in [-0.25, -0.2) is 4.68 Å². The second kappa shape index (κ2) is 8.31. The van der Waals surface area contributed by atoms with Crippen LogP contribution in [0.2, 0.25) is 0 Å². The van der Waals surface area contributed by atoms with E-state index in [1.54, 1.807) is 7.11 Å². The lowest BCUT2D eigenvalue weighted by Crippen LogP contribution is -2.22. The van der Waals surface area contributed by atoms with Crippen molar-refractivity contribution in [1.82, 2.24) is 25.1 Å². The summed E-state index contributed by atoms with van der Waals surface area (Å²) in [7, 11) is 1.66. The molecule has 8 nitrogen and oxygen atoms in total. The maximum absolute atomic E-state index is 6.08. The van der Waals surface area contributed by atoms with Gasteiger partial charge in [-0.05, 0) is 36.6 Å². The molecule has 0 saturated carbocycles. The van der Waals surface area contributed by atoms with Crippen LogP contribution in [-0.4, -0.2) is 32.2 Å². The minimum absolute atomic E-state index is 0.0482. The molecule has 0 unspecified atom stereocenters. The minimum atomic E-state index is -0.0482. The molecule has 0 aliphatic carbocycles. The highest BCUT2D eigenvalue weighted by Gasteiger charge is 2.27. The standard InChI is InChI=1S/C23H23N5O3/c1-15-3-8-17(9-4-15)20-13-28-19(14-30-20)22(25-27-28)23-24-21(31-26-23)12-7-16-5-10-18(29-2)11-6-16/h3-6,8-11,20H,7,12-14H2,1-2H3/t20-/m1/s1. The van der Waals surface area contributed by atoms with Gasteiger partial charge < -0.3 is 14.0 Å². The van der Waals surface area contributed by atoms with Crippen molar-refractivity contribution in [2.75, 3.05) is 7.11 Å². The highest BCUT2D eigenvalue weighted by molar-refractivity contribution is 5.51. The minimum Gasteiger partial charge on any atom is -0.497 e. The highest BCUT2D eigenvalue weighted by atomic mass is 16.5. The van der Waals surface area contributed by atoms with E-state index in [0.717, 1.165) is 23.4 Å². The number of rotatable bonds is 6. The number of ether oxygens (including phenoxy) is 2. The summed E-state index contributed by atoms with van der Waals surface area (Å²) >= 11 is 0. The van der Waals surface area contributed by atoms with Crippen LogP contribution in [-0.2, 0) is 30.7 Å². The van der Waals surface area contributed by atoms with E-state index < -0.39 is 0 Å². The summed E-state index contributed by atoms with van der Waals surface area (Å²) in [4.78, 5) is 4.52. The van der Waals surface area contributed by atoms with Crippen LogP contribution in [0.1, 0.15) is 34.4 Å². The molecule has 31 heavy (non-hydrogen) atoms. The van der Waals surface area contributed by atoms with Crippen molar-refractivity contribution in [3.05, 3.63) is 76.8 Å². The molecule has 1 aliphatic heterocycles. The molecule has 0 saturated heterocycles. The zero-order valence-corrected chi connectivity index (χ0v) is 17.5. The third-order valence-electron chi connectivity index (χ3n) is 5.51. The molecule has 2 aromatic carbocycles. The molecular weight excluding hydrogens is 394 g/mol. The number of benzene rings is 2. The first-order chi connectivity index (χ1) is 15.2. The Morgan fingerprint density at radius 2 is 1.87 bits per heavy atom. The van der Waals surface area contributed by atoms with E-state index in [4.69, 9.17) is 14.0 Å². The smallest absolute Gasteiger partial charge is 0.227 e. The molecule has 0 fully saturated rings. The van der Waals surface area contributed by atoms with Crippen LogP contribution >= 0.6 is 0 Å². The lowest BCUT2D eigenvalue weighted by Gasteiger charge is -2.24.